The molecule has 8 heteroatoms. The number of carbonyl (C=O) groups is 1. The van der Waals surface area contributed by atoms with E-state index in [0.717, 1.165) is 19.3 Å². The Morgan fingerprint density at radius 1 is 1.09 bits per heavy atom. The van der Waals surface area contributed by atoms with Gasteiger partial charge in [-0.3, -0.25) is 10.3 Å². The summed E-state index contributed by atoms with van der Waals surface area (Å²) in [5.74, 6) is -0.490. The largest absolute Gasteiger partial charge is 0.505 e. The van der Waals surface area contributed by atoms with E-state index in [9.17, 15) is 14.3 Å². The lowest BCUT2D eigenvalue weighted by atomic mass is 10.0. The van der Waals surface area contributed by atoms with E-state index in [0.29, 0.717) is 40.7 Å². The number of fused-ring (bicyclic) bond motifs is 1. The highest BCUT2D eigenvalue weighted by atomic mass is 19.1. The number of pyridine rings is 1. The monoisotopic (exact) mass is 459 g/mol. The number of aromatic nitrogens is 3. The molecule has 3 N–H and O–H groups in total. The molecule has 0 spiro atoms. The van der Waals surface area contributed by atoms with Gasteiger partial charge in [-0.15, -0.1) is 0 Å². The number of phenolic OH excluding ortho intramolecular Hbond substituents is 1. The molecule has 0 aliphatic carbocycles. The highest BCUT2D eigenvalue weighted by molar-refractivity contribution is 5.89. The molecule has 2 aromatic carbocycles. The molecule has 1 atom stereocenters. The number of aryl methyl sites for hydroxylation is 1. The summed E-state index contributed by atoms with van der Waals surface area (Å²) in [6, 6.07) is 17.4. The third kappa shape index (κ3) is 6.04. The standard InChI is InChI=1S/C26H26FN5O2/c1-17(6-5-9-18-7-3-2-4-8-18)15-29-26(34)32-24-13-11-21-25(31-24)30-22(16-28-21)19-10-12-23(33)20(27)14-19/h2-4,7-8,10-14,16-17,33H,5-6,9,15H2,1H3,(H2,29,30,31,32,34). The molecule has 2 aromatic heterocycles. The molecule has 174 valence electrons. The first-order valence-corrected chi connectivity index (χ1v) is 11.2. The first kappa shape index (κ1) is 23.1. The van der Waals surface area contributed by atoms with Crippen LogP contribution in [0.1, 0.15) is 25.3 Å². The summed E-state index contributed by atoms with van der Waals surface area (Å²) in [5, 5.41) is 15.0. The fourth-order valence-electron chi connectivity index (χ4n) is 3.60. The number of hydrogen-bond donors (Lipinski definition) is 3. The van der Waals surface area contributed by atoms with Gasteiger partial charge < -0.3 is 10.4 Å². The van der Waals surface area contributed by atoms with Crippen LogP contribution >= 0.6 is 0 Å². The van der Waals surface area contributed by atoms with E-state index >= 15 is 0 Å². The fraction of sp³-hybridized carbons (Fsp3) is 0.231. The Morgan fingerprint density at radius 3 is 2.71 bits per heavy atom. The van der Waals surface area contributed by atoms with E-state index in [-0.39, 0.29) is 6.03 Å². The van der Waals surface area contributed by atoms with Crippen LogP contribution in [0.3, 0.4) is 0 Å². The van der Waals surface area contributed by atoms with Gasteiger partial charge in [0.05, 0.1) is 11.9 Å². The zero-order valence-electron chi connectivity index (χ0n) is 18.8. The molecule has 7 nitrogen and oxygen atoms in total. The molecular formula is C26H26FN5O2. The summed E-state index contributed by atoms with van der Waals surface area (Å²) < 4.78 is 13.7. The third-order valence-corrected chi connectivity index (χ3v) is 5.51. The van der Waals surface area contributed by atoms with Crippen molar-refractivity contribution in [2.75, 3.05) is 11.9 Å². The average Bonchev–Trinajstić information content (AvgIpc) is 2.84. The van der Waals surface area contributed by atoms with E-state index in [1.165, 1.54) is 23.9 Å². The van der Waals surface area contributed by atoms with Gasteiger partial charge in [-0.1, -0.05) is 37.3 Å². The van der Waals surface area contributed by atoms with Gasteiger partial charge in [-0.25, -0.2) is 19.2 Å². The Bertz CT molecular complexity index is 1280. The van der Waals surface area contributed by atoms with Crippen molar-refractivity contribution in [3.8, 4) is 17.0 Å². The minimum atomic E-state index is -0.742. The predicted octanol–water partition coefficient (Wildman–Crippen LogP) is 5.32. The molecule has 4 aromatic rings. The van der Waals surface area contributed by atoms with Gasteiger partial charge in [-0.2, -0.15) is 0 Å². The second-order valence-corrected chi connectivity index (χ2v) is 8.28. The molecular weight excluding hydrogens is 433 g/mol. The Hall–Kier alpha value is -4.07. The van der Waals surface area contributed by atoms with Crippen molar-refractivity contribution in [3.63, 3.8) is 0 Å². The van der Waals surface area contributed by atoms with Crippen LogP contribution in [-0.4, -0.2) is 32.6 Å². The van der Waals surface area contributed by atoms with Crippen LogP contribution in [0.15, 0.2) is 66.9 Å². The predicted molar refractivity (Wildman–Crippen MR) is 130 cm³/mol. The zero-order valence-corrected chi connectivity index (χ0v) is 18.8. The molecule has 1 unspecified atom stereocenters. The summed E-state index contributed by atoms with van der Waals surface area (Å²) in [6.45, 7) is 2.67. The molecule has 2 amide bonds. The Morgan fingerprint density at radius 2 is 1.91 bits per heavy atom. The van der Waals surface area contributed by atoms with Crippen LogP contribution in [0.4, 0.5) is 15.0 Å². The molecule has 34 heavy (non-hydrogen) atoms. The van der Waals surface area contributed by atoms with E-state index in [4.69, 9.17) is 0 Å². The van der Waals surface area contributed by atoms with E-state index < -0.39 is 11.6 Å². The number of anilines is 1. The van der Waals surface area contributed by atoms with Crippen molar-refractivity contribution in [2.24, 2.45) is 5.92 Å². The minimum absolute atomic E-state index is 0.318. The van der Waals surface area contributed by atoms with E-state index in [2.05, 4.69) is 44.6 Å². The van der Waals surface area contributed by atoms with Crippen LogP contribution in [0, 0.1) is 11.7 Å². The molecule has 0 saturated heterocycles. The fourth-order valence-corrected chi connectivity index (χ4v) is 3.60. The quantitative estimate of drug-likeness (QED) is 0.331. The molecule has 4 rings (SSSR count). The number of phenols is 1. The van der Waals surface area contributed by atoms with Gasteiger partial charge in [0, 0.05) is 12.1 Å². The minimum Gasteiger partial charge on any atom is -0.505 e. The Kier molecular flexibility index (Phi) is 7.27. The summed E-state index contributed by atoms with van der Waals surface area (Å²) >= 11 is 0. The highest BCUT2D eigenvalue weighted by Gasteiger charge is 2.10. The van der Waals surface area contributed by atoms with Crippen molar-refractivity contribution in [1.29, 1.82) is 0 Å². The maximum atomic E-state index is 13.7. The number of aromatic hydroxyl groups is 1. The summed E-state index contributed by atoms with van der Waals surface area (Å²) in [6.07, 6.45) is 4.61. The van der Waals surface area contributed by atoms with Crippen LogP contribution < -0.4 is 10.6 Å². The van der Waals surface area contributed by atoms with Gasteiger partial charge in [0.2, 0.25) is 0 Å². The Balaban J connectivity index is 1.32. The van der Waals surface area contributed by atoms with Gasteiger partial charge in [0.25, 0.3) is 0 Å². The van der Waals surface area contributed by atoms with Crippen LogP contribution in [0.2, 0.25) is 0 Å². The van der Waals surface area contributed by atoms with E-state index in [1.54, 1.807) is 18.2 Å². The number of benzene rings is 2. The number of urea groups is 1. The number of nitrogens with zero attached hydrogens (tertiary/aromatic N) is 3. The number of halogens is 1. The van der Waals surface area contributed by atoms with E-state index in [1.807, 2.05) is 18.2 Å². The van der Waals surface area contributed by atoms with Crippen molar-refractivity contribution in [3.05, 3.63) is 78.2 Å². The van der Waals surface area contributed by atoms with Gasteiger partial charge >= 0.3 is 6.03 Å². The highest BCUT2D eigenvalue weighted by Crippen LogP contribution is 2.24. The molecule has 0 aliphatic heterocycles. The van der Waals surface area contributed by atoms with Crippen molar-refractivity contribution < 1.29 is 14.3 Å². The first-order valence-electron chi connectivity index (χ1n) is 11.2. The van der Waals surface area contributed by atoms with Crippen LogP contribution in [0.25, 0.3) is 22.4 Å². The maximum absolute atomic E-state index is 13.7. The van der Waals surface area contributed by atoms with Gasteiger partial charge in [0.15, 0.2) is 17.2 Å². The number of nitrogens with one attached hydrogen (secondary N) is 2. The van der Waals surface area contributed by atoms with Crippen molar-refractivity contribution in [1.82, 2.24) is 20.3 Å². The molecule has 0 aliphatic rings. The average molecular weight is 460 g/mol. The molecule has 0 fully saturated rings. The second kappa shape index (κ2) is 10.7. The van der Waals surface area contributed by atoms with Gasteiger partial charge in [0.1, 0.15) is 11.3 Å². The third-order valence-electron chi connectivity index (χ3n) is 5.51. The summed E-state index contributed by atoms with van der Waals surface area (Å²) in [7, 11) is 0. The molecule has 0 saturated carbocycles. The molecule has 0 radical (unpaired) electrons. The SMILES string of the molecule is CC(CCCc1ccccc1)CNC(=O)Nc1ccc2ncc(-c3ccc(O)c(F)c3)nc2n1. The molecule has 2 heterocycles. The molecule has 0 bridgehead atoms. The number of rotatable bonds is 8. The second-order valence-electron chi connectivity index (χ2n) is 8.28. The van der Waals surface area contributed by atoms with Crippen LogP contribution in [-0.2, 0) is 6.42 Å². The van der Waals surface area contributed by atoms with Gasteiger partial charge in [-0.05, 0) is 61.1 Å². The first-order chi connectivity index (χ1) is 16.5. The lowest BCUT2D eigenvalue weighted by Gasteiger charge is -2.13. The van der Waals surface area contributed by atoms with Crippen LogP contribution in [0.5, 0.6) is 5.75 Å². The normalized spacial score (nSPS) is 11.8. The van der Waals surface area contributed by atoms with Crippen molar-refractivity contribution >= 4 is 23.0 Å². The maximum Gasteiger partial charge on any atom is 0.320 e. The lowest BCUT2D eigenvalue weighted by Crippen LogP contribution is -2.32. The number of carbonyl (C=O) groups excluding carboxylic acids is 1. The summed E-state index contributed by atoms with van der Waals surface area (Å²) in [5.41, 5.74) is 3.05. The zero-order chi connectivity index (χ0) is 23.9. The number of amides is 2. The summed E-state index contributed by atoms with van der Waals surface area (Å²) in [4.78, 5) is 25.4. The number of hydrogen-bond acceptors (Lipinski definition) is 5. The lowest BCUT2D eigenvalue weighted by molar-refractivity contribution is 0.250. The topological polar surface area (TPSA) is 100 Å². The smallest absolute Gasteiger partial charge is 0.320 e. The van der Waals surface area contributed by atoms with Crippen molar-refractivity contribution in [2.45, 2.75) is 26.2 Å². The Labute approximate surface area is 197 Å².